The molecule has 1 aromatic carbocycles. The number of nitrogens with one attached hydrogen (secondary N) is 1. The molecule has 1 heteroatoms. The second kappa shape index (κ2) is 6.61. The van der Waals surface area contributed by atoms with Gasteiger partial charge in [-0.1, -0.05) is 32.0 Å². The van der Waals surface area contributed by atoms with Gasteiger partial charge in [0.05, 0.1) is 0 Å². The summed E-state index contributed by atoms with van der Waals surface area (Å²) in [4.78, 5) is 0. The minimum atomic E-state index is 0.648. The number of hydrogen-bond acceptors (Lipinski definition) is 1. The summed E-state index contributed by atoms with van der Waals surface area (Å²) in [5, 5.41) is 2.75. The highest BCUT2D eigenvalue weighted by Gasteiger charge is 2.03. The minimum absolute atomic E-state index is 0.648. The van der Waals surface area contributed by atoms with Crippen LogP contribution in [-0.4, -0.2) is 14.1 Å². The molecule has 1 aromatic rings. The summed E-state index contributed by atoms with van der Waals surface area (Å²) in [6.45, 7) is 8.84. The molecule has 0 aromatic heterocycles. The molecule has 0 spiro atoms. The predicted molar refractivity (Wildman–Crippen MR) is 65.0 cm³/mol. The van der Waals surface area contributed by atoms with Crippen LogP contribution in [0.2, 0.25) is 0 Å². The van der Waals surface area contributed by atoms with Crippen LogP contribution in [0.15, 0.2) is 18.2 Å². The molecule has 1 N–H and O–H groups in total. The monoisotopic (exact) mass is 193 g/mol. The predicted octanol–water partition coefficient (Wildman–Crippen LogP) is 3.26. The van der Waals surface area contributed by atoms with Gasteiger partial charge < -0.3 is 5.32 Å². The number of hydrogen-bond donors (Lipinski definition) is 1. The van der Waals surface area contributed by atoms with Crippen molar-refractivity contribution in [2.45, 2.75) is 33.6 Å². The zero-order valence-corrected chi connectivity index (χ0v) is 10.3. The van der Waals surface area contributed by atoms with Crippen LogP contribution in [0.25, 0.3) is 0 Å². The van der Waals surface area contributed by atoms with Crippen LogP contribution in [0.4, 0.5) is 0 Å². The second-order valence-corrected chi connectivity index (χ2v) is 3.94. The molecule has 0 saturated carbocycles. The van der Waals surface area contributed by atoms with Gasteiger partial charge in [0, 0.05) is 0 Å². The fourth-order valence-corrected chi connectivity index (χ4v) is 1.40. The molecule has 0 unspecified atom stereocenters. The highest BCUT2D eigenvalue weighted by atomic mass is 14.7. The lowest BCUT2D eigenvalue weighted by molar-refractivity contribution is 0.854. The van der Waals surface area contributed by atoms with Crippen LogP contribution in [0, 0.1) is 13.8 Å². The lowest BCUT2D eigenvalue weighted by atomic mass is 9.95. The van der Waals surface area contributed by atoms with Crippen molar-refractivity contribution in [2.24, 2.45) is 0 Å². The van der Waals surface area contributed by atoms with Crippen LogP contribution in [-0.2, 0) is 0 Å². The molecule has 0 aliphatic rings. The Balaban J connectivity index is 0.000000500. The molecule has 0 bridgehead atoms. The van der Waals surface area contributed by atoms with Crippen molar-refractivity contribution >= 4 is 0 Å². The average Bonchev–Trinajstić information content (AvgIpc) is 2.10. The molecule has 0 saturated heterocycles. The first-order valence-electron chi connectivity index (χ1n) is 5.19. The molecule has 0 aliphatic carbocycles. The van der Waals surface area contributed by atoms with Gasteiger partial charge in [-0.2, -0.15) is 0 Å². The van der Waals surface area contributed by atoms with E-state index < -0.39 is 0 Å². The van der Waals surface area contributed by atoms with Crippen LogP contribution in [0.1, 0.15) is 36.5 Å². The molecule has 80 valence electrons. The summed E-state index contributed by atoms with van der Waals surface area (Å²) >= 11 is 0. The standard InChI is InChI=1S/C11H16.C2H7N/c1-8(2)11-7-5-6-9(3)10(11)4;1-3-2/h5-8H,1-4H3;3H,1-2H3. The first-order chi connectivity index (χ1) is 6.54. The van der Waals surface area contributed by atoms with Gasteiger partial charge in [0.2, 0.25) is 0 Å². The van der Waals surface area contributed by atoms with E-state index in [2.05, 4.69) is 51.2 Å². The van der Waals surface area contributed by atoms with Crippen LogP contribution in [0.3, 0.4) is 0 Å². The lowest BCUT2D eigenvalue weighted by Gasteiger charge is -2.10. The summed E-state index contributed by atoms with van der Waals surface area (Å²) in [5.41, 5.74) is 4.32. The van der Waals surface area contributed by atoms with Crippen LogP contribution in [0.5, 0.6) is 0 Å². The Labute approximate surface area is 88.5 Å². The largest absolute Gasteiger partial charge is 0.323 e. The zero-order chi connectivity index (χ0) is 11.1. The number of benzene rings is 1. The maximum Gasteiger partial charge on any atom is -0.0167 e. The molecule has 0 amide bonds. The Morgan fingerprint density at radius 2 is 1.57 bits per heavy atom. The highest BCUT2D eigenvalue weighted by Crippen LogP contribution is 2.20. The molecule has 0 aliphatic heterocycles. The average molecular weight is 193 g/mol. The molecule has 14 heavy (non-hydrogen) atoms. The van der Waals surface area contributed by atoms with Gasteiger partial charge in [0.1, 0.15) is 0 Å². The SMILES string of the molecule is CNC.Cc1cccc(C(C)C)c1C. The van der Waals surface area contributed by atoms with Crippen molar-refractivity contribution < 1.29 is 0 Å². The van der Waals surface area contributed by atoms with Crippen molar-refractivity contribution in [3.8, 4) is 0 Å². The van der Waals surface area contributed by atoms with E-state index in [9.17, 15) is 0 Å². The molecule has 0 radical (unpaired) electrons. The molecule has 1 nitrogen and oxygen atoms in total. The molecule has 0 atom stereocenters. The van der Waals surface area contributed by atoms with Crippen molar-refractivity contribution in [1.82, 2.24) is 5.32 Å². The quantitative estimate of drug-likeness (QED) is 0.722. The zero-order valence-electron chi connectivity index (χ0n) is 10.3. The van der Waals surface area contributed by atoms with Crippen molar-refractivity contribution in [3.63, 3.8) is 0 Å². The fourth-order valence-electron chi connectivity index (χ4n) is 1.40. The summed E-state index contributed by atoms with van der Waals surface area (Å²) < 4.78 is 0. The topological polar surface area (TPSA) is 12.0 Å². The molecular formula is C13H23N. The Morgan fingerprint density at radius 3 is 1.93 bits per heavy atom. The minimum Gasteiger partial charge on any atom is -0.323 e. The van der Waals surface area contributed by atoms with Gasteiger partial charge in [-0.25, -0.2) is 0 Å². The van der Waals surface area contributed by atoms with E-state index in [4.69, 9.17) is 0 Å². The van der Waals surface area contributed by atoms with Gasteiger partial charge in [-0.05, 0) is 50.6 Å². The summed E-state index contributed by atoms with van der Waals surface area (Å²) in [7, 11) is 3.75. The Bertz CT molecular complexity index is 264. The van der Waals surface area contributed by atoms with E-state index in [1.54, 1.807) is 0 Å². The van der Waals surface area contributed by atoms with E-state index >= 15 is 0 Å². The van der Waals surface area contributed by atoms with Gasteiger partial charge in [-0.3, -0.25) is 0 Å². The van der Waals surface area contributed by atoms with E-state index in [1.165, 1.54) is 16.7 Å². The summed E-state index contributed by atoms with van der Waals surface area (Å²) in [6, 6.07) is 6.52. The maximum atomic E-state index is 2.75. The summed E-state index contributed by atoms with van der Waals surface area (Å²) in [5.74, 6) is 0.648. The van der Waals surface area contributed by atoms with E-state index in [-0.39, 0.29) is 0 Å². The van der Waals surface area contributed by atoms with E-state index in [0.29, 0.717) is 5.92 Å². The third-order valence-corrected chi connectivity index (χ3v) is 2.27. The molecule has 0 heterocycles. The first-order valence-corrected chi connectivity index (χ1v) is 5.19. The first kappa shape index (κ1) is 13.2. The lowest BCUT2D eigenvalue weighted by Crippen LogP contribution is -1.93. The Hall–Kier alpha value is -0.820. The van der Waals surface area contributed by atoms with Crippen molar-refractivity contribution in [3.05, 3.63) is 34.9 Å². The van der Waals surface area contributed by atoms with Gasteiger partial charge in [0.25, 0.3) is 0 Å². The fraction of sp³-hybridized carbons (Fsp3) is 0.538. The Kier molecular flexibility index (Phi) is 6.22. The molecule has 1 rings (SSSR count). The normalized spacial score (nSPS) is 9.64. The van der Waals surface area contributed by atoms with Crippen molar-refractivity contribution in [1.29, 1.82) is 0 Å². The van der Waals surface area contributed by atoms with Crippen LogP contribution < -0.4 is 5.32 Å². The second-order valence-electron chi connectivity index (χ2n) is 3.94. The number of rotatable bonds is 1. The van der Waals surface area contributed by atoms with E-state index in [1.807, 2.05) is 14.1 Å². The van der Waals surface area contributed by atoms with Gasteiger partial charge >= 0.3 is 0 Å². The third kappa shape index (κ3) is 3.93. The summed E-state index contributed by atoms with van der Waals surface area (Å²) in [6.07, 6.45) is 0. The smallest absolute Gasteiger partial charge is 0.0167 e. The third-order valence-electron chi connectivity index (χ3n) is 2.27. The Morgan fingerprint density at radius 1 is 1.07 bits per heavy atom. The number of aryl methyl sites for hydroxylation is 1. The van der Waals surface area contributed by atoms with E-state index in [0.717, 1.165) is 0 Å². The maximum absolute atomic E-state index is 2.75. The van der Waals surface area contributed by atoms with Gasteiger partial charge in [-0.15, -0.1) is 0 Å². The van der Waals surface area contributed by atoms with Crippen LogP contribution >= 0.6 is 0 Å². The molecular weight excluding hydrogens is 170 g/mol. The van der Waals surface area contributed by atoms with Gasteiger partial charge in [0.15, 0.2) is 0 Å². The highest BCUT2D eigenvalue weighted by molar-refractivity contribution is 5.34. The van der Waals surface area contributed by atoms with Crippen molar-refractivity contribution in [2.75, 3.05) is 14.1 Å². The molecule has 0 fully saturated rings.